The lowest BCUT2D eigenvalue weighted by molar-refractivity contribution is -0.314. The van der Waals surface area contributed by atoms with Crippen LogP contribution in [0.3, 0.4) is 0 Å². The fraction of sp³-hybridized carbons (Fsp3) is 0.958. The van der Waals surface area contributed by atoms with Gasteiger partial charge in [0.2, 0.25) is 0 Å². The second-order valence-corrected chi connectivity index (χ2v) is 11.2. The molecule has 228 valence electrons. The van der Waals surface area contributed by atoms with E-state index in [2.05, 4.69) is 10.6 Å². The molecule has 14 atom stereocenters. The smallest absolute Gasteiger partial charge is 0.251 e. The monoisotopic (exact) mass is 565 g/mol. The van der Waals surface area contributed by atoms with Crippen molar-refractivity contribution in [2.75, 3.05) is 26.7 Å². The molecule has 0 aromatic carbocycles. The predicted molar refractivity (Wildman–Crippen MR) is 137 cm³/mol. The summed E-state index contributed by atoms with van der Waals surface area (Å²) in [4.78, 5) is 12.7. The van der Waals surface area contributed by atoms with E-state index in [-0.39, 0.29) is 25.7 Å². The van der Waals surface area contributed by atoms with E-state index in [1.165, 1.54) is 6.92 Å². The first kappa shape index (κ1) is 32.5. The van der Waals surface area contributed by atoms with Gasteiger partial charge in [0, 0.05) is 25.0 Å². The Morgan fingerprint density at radius 2 is 1.77 bits per heavy atom. The summed E-state index contributed by atoms with van der Waals surface area (Å²) in [6.07, 6.45) is -9.20. The number of ether oxygens (including phenoxy) is 4. The first-order valence-corrected chi connectivity index (χ1v) is 13.5. The van der Waals surface area contributed by atoms with E-state index in [9.17, 15) is 30.3 Å². The van der Waals surface area contributed by atoms with Gasteiger partial charge >= 0.3 is 0 Å². The Kier molecular flexibility index (Phi) is 11.4. The Balaban J connectivity index is 1.81. The van der Waals surface area contributed by atoms with Crippen LogP contribution in [-0.2, 0) is 23.7 Å². The fourth-order valence-corrected chi connectivity index (χ4v) is 5.21. The van der Waals surface area contributed by atoms with E-state index >= 15 is 0 Å². The van der Waals surface area contributed by atoms with Crippen molar-refractivity contribution < 1.29 is 49.3 Å². The second-order valence-electron chi connectivity index (χ2n) is 11.2. The van der Waals surface area contributed by atoms with Crippen LogP contribution in [0.15, 0.2) is 0 Å². The van der Waals surface area contributed by atoms with Crippen molar-refractivity contribution in [3.63, 3.8) is 0 Å². The van der Waals surface area contributed by atoms with Crippen LogP contribution in [0.4, 0.5) is 0 Å². The lowest BCUT2D eigenvalue weighted by Crippen LogP contribution is -2.68. The minimum Gasteiger partial charge on any atom is -0.389 e. The third-order valence-electron chi connectivity index (χ3n) is 8.04. The van der Waals surface area contributed by atoms with Gasteiger partial charge < -0.3 is 72.3 Å². The highest BCUT2D eigenvalue weighted by Gasteiger charge is 2.51. The van der Waals surface area contributed by atoms with Crippen molar-refractivity contribution in [2.45, 2.75) is 112 Å². The molecule has 15 heteroatoms. The molecule has 3 fully saturated rings. The van der Waals surface area contributed by atoms with Crippen molar-refractivity contribution in [1.82, 2.24) is 10.6 Å². The molecule has 2 saturated heterocycles. The van der Waals surface area contributed by atoms with Crippen molar-refractivity contribution in [1.29, 1.82) is 0 Å². The second kappa shape index (κ2) is 13.7. The third-order valence-corrected chi connectivity index (χ3v) is 8.04. The molecule has 2 heterocycles. The standard InChI is InChI=1S/C24H47N5O10/c1-10-16(31)23(36-9-24(10,2)35)39-20-14(29-21(34)17(32)15(30)7-25)6-13(27)19(18(20)33)38-22-12(26)5-4-11(37-22)8-28-3/h10-20,22-23,28,30-33,35H,4-9,25-27H2,1-3H3,(H,29,34)/t10-,11+,12?,13+,14-,15?,16?,17+,18?,19?,20?,22-,23-,24?/m1/s1. The zero-order valence-corrected chi connectivity index (χ0v) is 22.8. The maximum Gasteiger partial charge on any atom is 0.251 e. The summed E-state index contributed by atoms with van der Waals surface area (Å²) in [5.41, 5.74) is 16.7. The number of carbonyl (C=O) groups is 1. The van der Waals surface area contributed by atoms with Gasteiger partial charge in [0.25, 0.3) is 5.91 Å². The molecule has 15 nitrogen and oxygen atoms in total. The maximum absolute atomic E-state index is 12.7. The number of aliphatic hydroxyl groups is 5. The first-order valence-electron chi connectivity index (χ1n) is 13.5. The summed E-state index contributed by atoms with van der Waals surface area (Å²) >= 11 is 0. The van der Waals surface area contributed by atoms with Gasteiger partial charge in [-0.2, -0.15) is 0 Å². The Morgan fingerprint density at radius 1 is 1.10 bits per heavy atom. The molecule has 3 aliphatic rings. The first-order chi connectivity index (χ1) is 18.3. The Hall–Kier alpha value is -1.05. The Labute approximate surface area is 228 Å². The van der Waals surface area contributed by atoms with Crippen molar-refractivity contribution in [3.05, 3.63) is 0 Å². The van der Waals surface area contributed by atoms with Gasteiger partial charge in [-0.05, 0) is 33.2 Å². The maximum atomic E-state index is 12.7. The molecule has 13 N–H and O–H groups in total. The number of hydrogen-bond donors (Lipinski definition) is 10. The number of nitrogens with one attached hydrogen (secondary N) is 2. The average molecular weight is 566 g/mol. The molecule has 1 amide bonds. The molecule has 2 aliphatic heterocycles. The van der Waals surface area contributed by atoms with E-state index in [0.717, 1.165) is 6.42 Å². The molecular weight excluding hydrogens is 518 g/mol. The van der Waals surface area contributed by atoms with Gasteiger partial charge in [0.15, 0.2) is 18.7 Å². The van der Waals surface area contributed by atoms with E-state index in [4.69, 9.17) is 36.1 Å². The molecule has 7 unspecified atom stereocenters. The highest BCUT2D eigenvalue weighted by Crippen LogP contribution is 2.34. The van der Waals surface area contributed by atoms with Crippen LogP contribution >= 0.6 is 0 Å². The molecule has 1 saturated carbocycles. The molecule has 0 aromatic rings. The van der Waals surface area contributed by atoms with Crippen LogP contribution in [0, 0.1) is 5.92 Å². The summed E-state index contributed by atoms with van der Waals surface area (Å²) in [5.74, 6) is -1.59. The van der Waals surface area contributed by atoms with Crippen LogP contribution < -0.4 is 27.8 Å². The summed E-state index contributed by atoms with van der Waals surface area (Å²) in [6.45, 7) is 3.25. The lowest BCUT2D eigenvalue weighted by Gasteiger charge is -2.48. The van der Waals surface area contributed by atoms with Crippen molar-refractivity contribution in [2.24, 2.45) is 23.1 Å². The highest BCUT2D eigenvalue weighted by molar-refractivity contribution is 5.81. The number of likely N-dealkylation sites (N-methyl/N-ethyl adjacent to an activating group) is 1. The topological polar surface area (TPSA) is 257 Å². The number of amides is 1. The molecular formula is C24H47N5O10. The molecule has 0 spiro atoms. The number of aliphatic hydroxyl groups excluding tert-OH is 4. The van der Waals surface area contributed by atoms with Crippen LogP contribution in [0.1, 0.15) is 33.1 Å². The zero-order valence-electron chi connectivity index (χ0n) is 22.8. The van der Waals surface area contributed by atoms with Gasteiger partial charge in [0.1, 0.15) is 30.5 Å². The summed E-state index contributed by atoms with van der Waals surface area (Å²) in [6, 6.07) is -2.26. The number of hydrogen-bond acceptors (Lipinski definition) is 14. The van der Waals surface area contributed by atoms with Gasteiger partial charge in [-0.25, -0.2) is 0 Å². The van der Waals surface area contributed by atoms with Gasteiger partial charge in [0.05, 0.1) is 30.4 Å². The predicted octanol–water partition coefficient (Wildman–Crippen LogP) is -4.83. The third kappa shape index (κ3) is 7.62. The van der Waals surface area contributed by atoms with E-state index in [1.54, 1.807) is 14.0 Å². The van der Waals surface area contributed by atoms with Crippen molar-refractivity contribution in [3.8, 4) is 0 Å². The van der Waals surface area contributed by atoms with Crippen molar-refractivity contribution >= 4 is 5.91 Å². The normalized spacial score (nSPS) is 44.9. The van der Waals surface area contributed by atoms with E-state index in [1.807, 2.05) is 0 Å². The number of rotatable bonds is 10. The summed E-state index contributed by atoms with van der Waals surface area (Å²) in [5, 5.41) is 58.2. The molecule has 0 bridgehead atoms. The molecule has 1 aliphatic carbocycles. The molecule has 3 rings (SSSR count). The fourth-order valence-electron chi connectivity index (χ4n) is 5.21. The molecule has 39 heavy (non-hydrogen) atoms. The van der Waals surface area contributed by atoms with Crippen LogP contribution in [-0.4, -0.2) is 137 Å². The minimum absolute atomic E-state index is 0.0293. The van der Waals surface area contributed by atoms with Crippen LogP contribution in [0.2, 0.25) is 0 Å². The minimum atomic E-state index is -1.83. The SMILES string of the molecule is CNC[C@@H]1CCC(N)[C@@H](OC2C(O)C(O[C@H]3OCC(C)(O)[C@H](C)C3O)[C@H](NC(=O)[C@@H](O)C(O)CN)C[C@@H]2N)O1. The molecule has 0 radical (unpaired) electrons. The summed E-state index contributed by atoms with van der Waals surface area (Å²) < 4.78 is 23.7. The van der Waals surface area contributed by atoms with E-state index < -0.39 is 84.8 Å². The lowest BCUT2D eigenvalue weighted by atomic mass is 9.82. The highest BCUT2D eigenvalue weighted by atomic mass is 16.7. The van der Waals surface area contributed by atoms with Gasteiger partial charge in [-0.3, -0.25) is 4.79 Å². The van der Waals surface area contributed by atoms with Crippen LogP contribution in [0.25, 0.3) is 0 Å². The largest absolute Gasteiger partial charge is 0.389 e. The number of nitrogens with two attached hydrogens (primary N) is 3. The van der Waals surface area contributed by atoms with Gasteiger partial charge in [-0.1, -0.05) is 6.92 Å². The van der Waals surface area contributed by atoms with Crippen LogP contribution in [0.5, 0.6) is 0 Å². The Bertz CT molecular complexity index is 796. The van der Waals surface area contributed by atoms with E-state index in [0.29, 0.717) is 13.0 Å². The molecule has 0 aromatic heterocycles. The average Bonchev–Trinajstić information content (AvgIpc) is 2.89. The zero-order chi connectivity index (χ0) is 29.1. The summed E-state index contributed by atoms with van der Waals surface area (Å²) in [7, 11) is 1.80. The Morgan fingerprint density at radius 3 is 2.41 bits per heavy atom. The number of carbonyl (C=O) groups excluding carboxylic acids is 1. The van der Waals surface area contributed by atoms with Gasteiger partial charge in [-0.15, -0.1) is 0 Å². The quantitative estimate of drug-likeness (QED) is 0.119.